The number of aromatic nitrogens is 1. The standard InChI is InChI=1S/C16H15N3O2/c20-15(17-11-5-2-1-3-6-11)13-7-4-8-14(19-13)16(21)18-12-9-10-12/h1-8,12H,9-10H2,(H,17,20)(H,18,21). The summed E-state index contributed by atoms with van der Waals surface area (Å²) in [7, 11) is 0. The number of pyridine rings is 1. The molecule has 0 unspecified atom stereocenters. The second-order valence-corrected chi connectivity index (χ2v) is 4.98. The van der Waals surface area contributed by atoms with E-state index in [2.05, 4.69) is 15.6 Å². The Balaban J connectivity index is 1.72. The van der Waals surface area contributed by atoms with Crippen LogP contribution in [0.5, 0.6) is 0 Å². The summed E-state index contributed by atoms with van der Waals surface area (Å²) in [6, 6.07) is 14.3. The van der Waals surface area contributed by atoms with Gasteiger partial charge < -0.3 is 10.6 Å². The van der Waals surface area contributed by atoms with Crippen molar-refractivity contribution in [2.24, 2.45) is 0 Å². The third-order valence-corrected chi connectivity index (χ3v) is 3.16. The van der Waals surface area contributed by atoms with Crippen LogP contribution in [0.4, 0.5) is 5.69 Å². The van der Waals surface area contributed by atoms with Crippen molar-refractivity contribution in [2.75, 3.05) is 5.32 Å². The molecule has 0 aliphatic heterocycles. The molecule has 5 nitrogen and oxygen atoms in total. The van der Waals surface area contributed by atoms with Gasteiger partial charge in [-0.05, 0) is 37.1 Å². The van der Waals surface area contributed by atoms with Gasteiger partial charge in [0.1, 0.15) is 11.4 Å². The predicted molar refractivity (Wildman–Crippen MR) is 79.1 cm³/mol. The van der Waals surface area contributed by atoms with Gasteiger partial charge in [-0.3, -0.25) is 9.59 Å². The van der Waals surface area contributed by atoms with Crippen molar-refractivity contribution in [3.05, 3.63) is 59.9 Å². The summed E-state index contributed by atoms with van der Waals surface area (Å²) in [5, 5.41) is 5.60. The van der Waals surface area contributed by atoms with E-state index in [1.54, 1.807) is 30.3 Å². The van der Waals surface area contributed by atoms with E-state index in [9.17, 15) is 9.59 Å². The number of carbonyl (C=O) groups excluding carboxylic acids is 2. The molecule has 1 heterocycles. The molecule has 0 spiro atoms. The molecular weight excluding hydrogens is 266 g/mol. The number of anilines is 1. The minimum absolute atomic E-state index is 0.224. The number of amides is 2. The third kappa shape index (κ3) is 3.45. The highest BCUT2D eigenvalue weighted by Gasteiger charge is 2.24. The molecule has 1 fully saturated rings. The van der Waals surface area contributed by atoms with Crippen LogP contribution in [0.2, 0.25) is 0 Å². The molecule has 2 N–H and O–H groups in total. The van der Waals surface area contributed by atoms with E-state index in [4.69, 9.17) is 0 Å². The van der Waals surface area contributed by atoms with E-state index in [0.717, 1.165) is 12.8 Å². The van der Waals surface area contributed by atoms with Gasteiger partial charge in [-0.15, -0.1) is 0 Å². The first kappa shape index (κ1) is 13.3. The van der Waals surface area contributed by atoms with Crippen molar-refractivity contribution in [2.45, 2.75) is 18.9 Å². The zero-order chi connectivity index (χ0) is 14.7. The fourth-order valence-electron chi connectivity index (χ4n) is 1.89. The van der Waals surface area contributed by atoms with Crippen LogP contribution in [0.15, 0.2) is 48.5 Å². The second kappa shape index (κ2) is 5.75. The molecule has 0 radical (unpaired) electrons. The normalized spacial score (nSPS) is 13.5. The van der Waals surface area contributed by atoms with E-state index in [1.807, 2.05) is 18.2 Å². The Morgan fingerprint density at radius 2 is 1.57 bits per heavy atom. The summed E-state index contributed by atoms with van der Waals surface area (Å²) in [6.45, 7) is 0. The quantitative estimate of drug-likeness (QED) is 0.902. The highest BCUT2D eigenvalue weighted by molar-refractivity contribution is 6.03. The summed E-state index contributed by atoms with van der Waals surface area (Å²) < 4.78 is 0. The van der Waals surface area contributed by atoms with Crippen LogP contribution in [-0.2, 0) is 0 Å². The van der Waals surface area contributed by atoms with Crippen molar-refractivity contribution >= 4 is 17.5 Å². The Labute approximate surface area is 122 Å². The highest BCUT2D eigenvalue weighted by atomic mass is 16.2. The number of para-hydroxylation sites is 1. The highest BCUT2D eigenvalue weighted by Crippen LogP contribution is 2.19. The largest absolute Gasteiger partial charge is 0.348 e. The molecule has 1 aromatic heterocycles. The van der Waals surface area contributed by atoms with Crippen LogP contribution in [0, 0.1) is 0 Å². The Morgan fingerprint density at radius 1 is 0.905 bits per heavy atom. The molecule has 1 aromatic carbocycles. The Kier molecular flexibility index (Phi) is 3.64. The summed E-state index contributed by atoms with van der Waals surface area (Å²) in [6.07, 6.45) is 2.03. The fourth-order valence-corrected chi connectivity index (χ4v) is 1.89. The number of nitrogens with one attached hydrogen (secondary N) is 2. The lowest BCUT2D eigenvalue weighted by atomic mass is 10.2. The molecule has 2 aromatic rings. The van der Waals surface area contributed by atoms with Crippen molar-refractivity contribution in [3.63, 3.8) is 0 Å². The van der Waals surface area contributed by atoms with Crippen LogP contribution in [0.25, 0.3) is 0 Å². The van der Waals surface area contributed by atoms with Gasteiger partial charge in [0.2, 0.25) is 0 Å². The van der Waals surface area contributed by atoms with Crippen molar-refractivity contribution in [1.82, 2.24) is 10.3 Å². The molecule has 0 saturated heterocycles. The van der Waals surface area contributed by atoms with E-state index in [0.29, 0.717) is 5.69 Å². The Hall–Kier alpha value is -2.69. The zero-order valence-corrected chi connectivity index (χ0v) is 11.4. The average molecular weight is 281 g/mol. The molecule has 21 heavy (non-hydrogen) atoms. The van der Waals surface area contributed by atoms with E-state index >= 15 is 0 Å². The lowest BCUT2D eigenvalue weighted by Gasteiger charge is -2.06. The number of rotatable bonds is 4. The Morgan fingerprint density at radius 3 is 2.24 bits per heavy atom. The minimum Gasteiger partial charge on any atom is -0.348 e. The molecule has 0 bridgehead atoms. The molecule has 1 saturated carbocycles. The molecule has 3 rings (SSSR count). The average Bonchev–Trinajstić information content (AvgIpc) is 3.32. The van der Waals surface area contributed by atoms with Gasteiger partial charge in [-0.2, -0.15) is 0 Å². The maximum absolute atomic E-state index is 12.1. The molecule has 5 heteroatoms. The van der Waals surface area contributed by atoms with Crippen LogP contribution < -0.4 is 10.6 Å². The third-order valence-electron chi connectivity index (χ3n) is 3.16. The van der Waals surface area contributed by atoms with Crippen molar-refractivity contribution in [3.8, 4) is 0 Å². The molecule has 0 atom stereocenters. The van der Waals surface area contributed by atoms with Gasteiger partial charge in [-0.25, -0.2) is 4.98 Å². The van der Waals surface area contributed by atoms with E-state index < -0.39 is 0 Å². The number of hydrogen-bond donors (Lipinski definition) is 2. The predicted octanol–water partition coefficient (Wildman–Crippen LogP) is 2.23. The molecule has 1 aliphatic rings. The molecule has 1 aliphatic carbocycles. The Bertz CT molecular complexity index is 666. The van der Waals surface area contributed by atoms with Gasteiger partial charge in [0.05, 0.1) is 0 Å². The summed E-state index contributed by atoms with van der Waals surface area (Å²) in [5.74, 6) is -0.561. The first-order valence-electron chi connectivity index (χ1n) is 6.87. The monoisotopic (exact) mass is 281 g/mol. The number of carbonyl (C=O) groups is 2. The summed E-state index contributed by atoms with van der Waals surface area (Å²) in [4.78, 5) is 28.2. The van der Waals surface area contributed by atoms with E-state index in [-0.39, 0.29) is 29.2 Å². The SMILES string of the molecule is O=C(Nc1ccccc1)c1cccc(C(=O)NC2CC2)n1. The van der Waals surface area contributed by atoms with Crippen molar-refractivity contribution < 1.29 is 9.59 Å². The minimum atomic E-state index is -0.331. The van der Waals surface area contributed by atoms with Crippen LogP contribution in [0.1, 0.15) is 33.8 Å². The van der Waals surface area contributed by atoms with E-state index in [1.165, 1.54) is 0 Å². The smallest absolute Gasteiger partial charge is 0.274 e. The van der Waals surface area contributed by atoms with Crippen LogP contribution in [-0.4, -0.2) is 22.8 Å². The van der Waals surface area contributed by atoms with Gasteiger partial charge in [0.15, 0.2) is 0 Å². The lowest BCUT2D eigenvalue weighted by molar-refractivity contribution is 0.0946. The maximum Gasteiger partial charge on any atom is 0.274 e. The second-order valence-electron chi connectivity index (χ2n) is 4.98. The number of nitrogens with zero attached hydrogens (tertiary/aromatic N) is 1. The van der Waals surface area contributed by atoms with Crippen molar-refractivity contribution in [1.29, 1.82) is 0 Å². The topological polar surface area (TPSA) is 71.1 Å². The molecular formula is C16H15N3O2. The fraction of sp³-hybridized carbons (Fsp3) is 0.188. The maximum atomic E-state index is 12.1. The first-order valence-corrected chi connectivity index (χ1v) is 6.87. The first-order chi connectivity index (χ1) is 10.2. The van der Waals surface area contributed by atoms with Gasteiger partial charge >= 0.3 is 0 Å². The lowest BCUT2D eigenvalue weighted by Crippen LogP contribution is -2.27. The van der Waals surface area contributed by atoms with Gasteiger partial charge in [0, 0.05) is 11.7 Å². The zero-order valence-electron chi connectivity index (χ0n) is 11.4. The van der Waals surface area contributed by atoms with Crippen LogP contribution >= 0.6 is 0 Å². The summed E-state index contributed by atoms with van der Waals surface area (Å²) >= 11 is 0. The van der Waals surface area contributed by atoms with Gasteiger partial charge in [-0.1, -0.05) is 24.3 Å². The number of hydrogen-bond acceptors (Lipinski definition) is 3. The van der Waals surface area contributed by atoms with Gasteiger partial charge in [0.25, 0.3) is 11.8 Å². The van der Waals surface area contributed by atoms with Crippen LogP contribution in [0.3, 0.4) is 0 Å². The molecule has 106 valence electrons. The summed E-state index contributed by atoms with van der Waals surface area (Å²) in [5.41, 5.74) is 1.18. The number of benzene rings is 1. The molecule has 2 amide bonds.